The van der Waals surface area contributed by atoms with Gasteiger partial charge in [0.05, 0.1) is 5.56 Å². The van der Waals surface area contributed by atoms with Crippen molar-refractivity contribution in [3.63, 3.8) is 0 Å². The minimum absolute atomic E-state index is 0.0794. The molecule has 1 aromatic rings. The normalized spacial score (nSPS) is 17.6. The number of amides is 1. The topological polar surface area (TPSA) is 108 Å². The molecule has 0 aliphatic heterocycles. The van der Waals surface area contributed by atoms with Crippen LogP contribution in [0.2, 0.25) is 0 Å². The molecule has 0 radical (unpaired) electrons. The summed E-state index contributed by atoms with van der Waals surface area (Å²) < 4.78 is 0. The number of carbonyl (C=O) groups is 1. The van der Waals surface area contributed by atoms with Gasteiger partial charge < -0.3 is 16.2 Å². The van der Waals surface area contributed by atoms with Gasteiger partial charge in [-0.2, -0.15) is 0 Å². The third kappa shape index (κ3) is 3.60. The van der Waals surface area contributed by atoms with Crippen molar-refractivity contribution in [1.82, 2.24) is 10.3 Å². The molecule has 1 saturated carbocycles. The molecule has 6 heteroatoms. The third-order valence-electron chi connectivity index (χ3n) is 3.88. The van der Waals surface area contributed by atoms with Gasteiger partial charge >= 0.3 is 0 Å². The zero-order valence-corrected chi connectivity index (χ0v) is 11.4. The number of aromatic amines is 1. The molecule has 1 unspecified atom stereocenters. The summed E-state index contributed by atoms with van der Waals surface area (Å²) in [6.45, 7) is 0.381. The number of rotatable bonds is 4. The summed E-state index contributed by atoms with van der Waals surface area (Å²) in [7, 11) is 0. The van der Waals surface area contributed by atoms with Gasteiger partial charge in [0, 0.05) is 24.7 Å². The fourth-order valence-corrected chi connectivity index (χ4v) is 2.82. The Hall–Kier alpha value is -1.82. The maximum Gasteiger partial charge on any atom is 0.251 e. The van der Waals surface area contributed by atoms with Gasteiger partial charge in [0.2, 0.25) is 0 Å². The predicted octanol–water partition coefficient (Wildman–Crippen LogP) is 0.718. The molecular weight excluding hydrogens is 258 g/mol. The lowest BCUT2D eigenvalue weighted by Crippen LogP contribution is -2.46. The summed E-state index contributed by atoms with van der Waals surface area (Å²) in [6.07, 6.45) is 5.72. The van der Waals surface area contributed by atoms with E-state index < -0.39 is 5.56 Å². The molecule has 0 aromatic carbocycles. The Bertz CT molecular complexity index is 521. The lowest BCUT2D eigenvalue weighted by Gasteiger charge is -2.30. The Kier molecular flexibility index (Phi) is 4.79. The van der Waals surface area contributed by atoms with E-state index in [1.807, 2.05) is 0 Å². The number of pyridine rings is 1. The summed E-state index contributed by atoms with van der Waals surface area (Å²) in [5.74, 6) is -0.287. The highest BCUT2D eigenvalue weighted by molar-refractivity contribution is 5.94. The molecule has 1 amide bonds. The molecule has 1 atom stereocenters. The molecule has 1 aliphatic carbocycles. The van der Waals surface area contributed by atoms with Crippen LogP contribution in [-0.4, -0.2) is 28.6 Å². The average Bonchev–Trinajstić information content (AvgIpc) is 2.44. The summed E-state index contributed by atoms with van der Waals surface area (Å²) in [4.78, 5) is 25.6. The molecule has 0 spiro atoms. The molecule has 5 N–H and O–H groups in total. The number of nitrogens with one attached hydrogen (secondary N) is 2. The second kappa shape index (κ2) is 6.56. The van der Waals surface area contributed by atoms with E-state index in [0.717, 1.165) is 12.8 Å². The van der Waals surface area contributed by atoms with Crippen LogP contribution in [0.5, 0.6) is 5.88 Å². The maximum absolute atomic E-state index is 12.1. The second-order valence-electron chi connectivity index (χ2n) is 5.33. The van der Waals surface area contributed by atoms with E-state index in [4.69, 9.17) is 5.73 Å². The Labute approximate surface area is 117 Å². The van der Waals surface area contributed by atoms with Crippen LogP contribution >= 0.6 is 0 Å². The van der Waals surface area contributed by atoms with E-state index in [-0.39, 0.29) is 23.4 Å². The first-order valence-electron chi connectivity index (χ1n) is 7.04. The first-order chi connectivity index (χ1) is 9.60. The number of H-pyrrole nitrogens is 1. The van der Waals surface area contributed by atoms with Crippen molar-refractivity contribution in [3.8, 4) is 5.88 Å². The summed E-state index contributed by atoms with van der Waals surface area (Å²) >= 11 is 0. The number of carbonyl (C=O) groups excluding carboxylic acids is 1. The molecule has 2 rings (SSSR count). The van der Waals surface area contributed by atoms with Gasteiger partial charge in [0.1, 0.15) is 0 Å². The summed E-state index contributed by atoms with van der Waals surface area (Å²) in [6, 6.07) is 2.33. The van der Waals surface area contributed by atoms with Crippen molar-refractivity contribution >= 4 is 5.91 Å². The Balaban J connectivity index is 2.06. The Morgan fingerprint density at radius 3 is 2.70 bits per heavy atom. The SMILES string of the molecule is NCC(NC(=O)c1cc(O)[nH]c(=O)c1)C1CCCCC1. The maximum atomic E-state index is 12.1. The lowest BCUT2D eigenvalue weighted by molar-refractivity contribution is 0.0915. The van der Waals surface area contributed by atoms with Crippen LogP contribution in [0, 0.1) is 5.92 Å². The molecular formula is C14H21N3O3. The first kappa shape index (κ1) is 14.6. The standard InChI is InChI=1S/C14H21N3O3/c15-8-11(9-4-2-1-3-5-9)16-14(20)10-6-12(18)17-13(19)7-10/h6-7,9,11H,1-5,8,15H2,(H,16,20)(H2,17,18,19). The van der Waals surface area contributed by atoms with Gasteiger partial charge in [-0.3, -0.25) is 14.6 Å². The van der Waals surface area contributed by atoms with Crippen LogP contribution in [0.25, 0.3) is 0 Å². The molecule has 0 saturated heterocycles. The number of aromatic nitrogens is 1. The molecule has 110 valence electrons. The van der Waals surface area contributed by atoms with Crippen molar-refractivity contribution in [1.29, 1.82) is 0 Å². The molecule has 1 heterocycles. The fourth-order valence-electron chi connectivity index (χ4n) is 2.82. The highest BCUT2D eigenvalue weighted by Gasteiger charge is 2.24. The van der Waals surface area contributed by atoms with Crippen LogP contribution in [0.15, 0.2) is 16.9 Å². The monoisotopic (exact) mass is 279 g/mol. The zero-order valence-electron chi connectivity index (χ0n) is 11.4. The van der Waals surface area contributed by atoms with E-state index in [1.165, 1.54) is 31.4 Å². The van der Waals surface area contributed by atoms with Gasteiger partial charge in [0.25, 0.3) is 11.5 Å². The second-order valence-corrected chi connectivity index (χ2v) is 5.33. The molecule has 0 bridgehead atoms. The van der Waals surface area contributed by atoms with E-state index in [9.17, 15) is 14.7 Å². The van der Waals surface area contributed by atoms with Crippen molar-refractivity contribution in [2.75, 3.05) is 6.54 Å². The van der Waals surface area contributed by atoms with Crippen LogP contribution < -0.4 is 16.6 Å². The van der Waals surface area contributed by atoms with Crippen molar-refractivity contribution < 1.29 is 9.90 Å². The van der Waals surface area contributed by atoms with Crippen LogP contribution in [0.4, 0.5) is 0 Å². The molecule has 6 nitrogen and oxygen atoms in total. The minimum atomic E-state index is -0.503. The quantitative estimate of drug-likeness (QED) is 0.651. The van der Waals surface area contributed by atoms with Crippen LogP contribution in [0.1, 0.15) is 42.5 Å². The van der Waals surface area contributed by atoms with Gasteiger partial charge in [-0.1, -0.05) is 19.3 Å². The van der Waals surface area contributed by atoms with Crippen LogP contribution in [0.3, 0.4) is 0 Å². The first-order valence-corrected chi connectivity index (χ1v) is 7.04. The van der Waals surface area contributed by atoms with Gasteiger partial charge in [-0.05, 0) is 18.8 Å². The lowest BCUT2D eigenvalue weighted by atomic mass is 9.84. The van der Waals surface area contributed by atoms with Crippen LogP contribution in [-0.2, 0) is 0 Å². The van der Waals surface area contributed by atoms with E-state index in [1.54, 1.807) is 0 Å². The van der Waals surface area contributed by atoms with E-state index >= 15 is 0 Å². The number of hydrogen-bond acceptors (Lipinski definition) is 4. The van der Waals surface area contributed by atoms with Crippen molar-refractivity contribution in [2.45, 2.75) is 38.1 Å². The highest BCUT2D eigenvalue weighted by Crippen LogP contribution is 2.26. The minimum Gasteiger partial charge on any atom is -0.494 e. The van der Waals surface area contributed by atoms with E-state index in [2.05, 4.69) is 10.3 Å². The predicted molar refractivity (Wildman–Crippen MR) is 75.6 cm³/mol. The molecule has 1 fully saturated rings. The summed E-state index contributed by atoms with van der Waals surface area (Å²) in [5, 5.41) is 12.2. The smallest absolute Gasteiger partial charge is 0.251 e. The zero-order chi connectivity index (χ0) is 14.5. The summed E-state index contributed by atoms with van der Waals surface area (Å²) in [5.41, 5.74) is 5.41. The average molecular weight is 279 g/mol. The largest absolute Gasteiger partial charge is 0.494 e. The van der Waals surface area contributed by atoms with Crippen molar-refractivity contribution in [3.05, 3.63) is 28.0 Å². The van der Waals surface area contributed by atoms with Crippen molar-refractivity contribution in [2.24, 2.45) is 11.7 Å². The van der Waals surface area contributed by atoms with Gasteiger partial charge in [-0.15, -0.1) is 0 Å². The fraction of sp³-hybridized carbons (Fsp3) is 0.571. The van der Waals surface area contributed by atoms with E-state index in [0.29, 0.717) is 12.5 Å². The third-order valence-corrected chi connectivity index (χ3v) is 3.88. The molecule has 1 aliphatic rings. The highest BCUT2D eigenvalue weighted by atomic mass is 16.3. The number of hydrogen-bond donors (Lipinski definition) is 4. The van der Waals surface area contributed by atoms with Gasteiger partial charge in [-0.25, -0.2) is 0 Å². The molecule has 1 aromatic heterocycles. The molecule has 20 heavy (non-hydrogen) atoms. The number of aromatic hydroxyl groups is 1. The Morgan fingerprint density at radius 1 is 1.40 bits per heavy atom. The van der Waals surface area contributed by atoms with Gasteiger partial charge in [0.15, 0.2) is 5.88 Å². The number of nitrogens with two attached hydrogens (primary N) is 1. The Morgan fingerprint density at radius 2 is 2.10 bits per heavy atom.